The number of hydrogen-bond acceptors (Lipinski definition) is 3. The van der Waals surface area contributed by atoms with Crippen LogP contribution >= 0.6 is 0 Å². The van der Waals surface area contributed by atoms with Crippen molar-refractivity contribution >= 4 is 16.9 Å². The minimum absolute atomic E-state index is 0.125. The van der Waals surface area contributed by atoms with Crippen LogP contribution in [0.2, 0.25) is 0 Å². The zero-order valence-corrected chi connectivity index (χ0v) is 13.5. The number of amides is 1. The highest BCUT2D eigenvalue weighted by molar-refractivity contribution is 5.98. The first kappa shape index (κ1) is 14.9. The Morgan fingerprint density at radius 2 is 1.96 bits per heavy atom. The maximum Gasteiger partial charge on any atom is 0.270 e. The molecule has 1 N–H and O–H groups in total. The largest absolute Gasteiger partial charge is 0.351 e. The third kappa shape index (κ3) is 2.77. The van der Waals surface area contributed by atoms with Crippen LogP contribution in [0.4, 0.5) is 0 Å². The van der Waals surface area contributed by atoms with Gasteiger partial charge in [-0.2, -0.15) is 0 Å². The number of aromatic nitrogens is 3. The Kier molecular flexibility index (Phi) is 3.99. The lowest BCUT2D eigenvalue weighted by molar-refractivity contribution is 0.0948. The van der Waals surface area contributed by atoms with Crippen molar-refractivity contribution in [1.29, 1.82) is 0 Å². The summed E-state index contributed by atoms with van der Waals surface area (Å²) in [5, 5.41) is 4.11. The second-order valence-electron chi connectivity index (χ2n) is 6.19. The fourth-order valence-electron chi connectivity index (χ4n) is 3.23. The molecule has 122 valence electrons. The summed E-state index contributed by atoms with van der Waals surface area (Å²) < 4.78 is 2.21. The molecule has 5 heteroatoms. The lowest BCUT2D eigenvalue weighted by Gasteiger charge is -2.11. The zero-order valence-electron chi connectivity index (χ0n) is 13.5. The Morgan fingerprint density at radius 1 is 1.04 bits per heavy atom. The molecule has 0 aromatic carbocycles. The Hall–Kier alpha value is -2.69. The molecule has 0 aliphatic carbocycles. The molecule has 24 heavy (non-hydrogen) atoms. The summed E-state index contributed by atoms with van der Waals surface area (Å²) in [6.45, 7) is 1.67. The number of carbonyl (C=O) groups is 1. The van der Waals surface area contributed by atoms with Crippen LogP contribution in [0.15, 0.2) is 42.7 Å². The van der Waals surface area contributed by atoms with Crippen molar-refractivity contribution in [3.8, 4) is 11.3 Å². The summed E-state index contributed by atoms with van der Waals surface area (Å²) in [6, 6.07) is 9.89. The highest BCUT2D eigenvalue weighted by Crippen LogP contribution is 2.24. The monoisotopic (exact) mass is 320 g/mol. The first-order valence-corrected chi connectivity index (χ1v) is 8.52. The number of nitrogens with zero attached hydrogens (tertiary/aromatic N) is 3. The van der Waals surface area contributed by atoms with E-state index < -0.39 is 0 Å². The fraction of sp³-hybridized carbons (Fsp3) is 0.316. The molecule has 0 unspecified atom stereocenters. The van der Waals surface area contributed by atoms with Crippen LogP contribution in [0.5, 0.6) is 0 Å². The molecule has 1 aliphatic rings. The second kappa shape index (κ2) is 6.43. The van der Waals surface area contributed by atoms with Crippen LogP contribution in [0.1, 0.15) is 36.2 Å². The third-order valence-electron chi connectivity index (χ3n) is 4.52. The van der Waals surface area contributed by atoms with Crippen LogP contribution in [-0.4, -0.2) is 27.0 Å². The number of carbonyl (C=O) groups excluding carboxylic acids is 1. The van der Waals surface area contributed by atoms with Crippen LogP contribution in [0.25, 0.3) is 22.3 Å². The first-order valence-electron chi connectivity index (χ1n) is 8.52. The zero-order chi connectivity index (χ0) is 16.4. The van der Waals surface area contributed by atoms with Gasteiger partial charge in [-0.1, -0.05) is 12.8 Å². The van der Waals surface area contributed by atoms with Gasteiger partial charge in [-0.25, -0.2) is 4.98 Å². The van der Waals surface area contributed by atoms with Crippen molar-refractivity contribution < 1.29 is 4.79 Å². The Labute approximate surface area is 140 Å². The molecule has 5 nitrogen and oxygen atoms in total. The SMILES string of the molecule is O=C1NCCCCCCn2ccc3ccc(nc32)-c2cccnc21. The Balaban J connectivity index is 1.86. The van der Waals surface area contributed by atoms with Crippen LogP contribution < -0.4 is 5.32 Å². The average Bonchev–Trinajstić information content (AvgIpc) is 3.02. The summed E-state index contributed by atoms with van der Waals surface area (Å²) >= 11 is 0. The molecule has 0 radical (unpaired) electrons. The molecule has 3 aromatic heterocycles. The van der Waals surface area contributed by atoms with Gasteiger partial charge < -0.3 is 9.88 Å². The van der Waals surface area contributed by atoms with E-state index in [4.69, 9.17) is 4.98 Å². The van der Waals surface area contributed by atoms with Gasteiger partial charge >= 0.3 is 0 Å². The highest BCUT2D eigenvalue weighted by atomic mass is 16.1. The van der Waals surface area contributed by atoms with Crippen molar-refractivity contribution in [3.05, 3.63) is 48.4 Å². The predicted octanol–water partition coefficient (Wildman–Crippen LogP) is 3.40. The maximum atomic E-state index is 12.5. The average molecular weight is 320 g/mol. The minimum atomic E-state index is -0.125. The lowest BCUT2D eigenvalue weighted by atomic mass is 10.1. The van der Waals surface area contributed by atoms with E-state index >= 15 is 0 Å². The van der Waals surface area contributed by atoms with Crippen molar-refractivity contribution in [2.45, 2.75) is 32.2 Å². The minimum Gasteiger partial charge on any atom is -0.351 e. The number of pyridine rings is 2. The van der Waals surface area contributed by atoms with Crippen molar-refractivity contribution in [3.63, 3.8) is 0 Å². The molecule has 0 fully saturated rings. The van der Waals surface area contributed by atoms with Gasteiger partial charge in [0.25, 0.3) is 5.91 Å². The number of nitrogens with one attached hydrogen (secondary N) is 1. The van der Waals surface area contributed by atoms with E-state index in [1.165, 1.54) is 0 Å². The van der Waals surface area contributed by atoms with Gasteiger partial charge in [-0.15, -0.1) is 0 Å². The smallest absolute Gasteiger partial charge is 0.270 e. The number of hydrogen-bond donors (Lipinski definition) is 1. The van der Waals surface area contributed by atoms with Gasteiger partial charge in [0.05, 0.1) is 5.69 Å². The number of aryl methyl sites for hydroxylation is 1. The van der Waals surface area contributed by atoms with Gasteiger partial charge in [0.15, 0.2) is 0 Å². The Bertz CT molecular complexity index is 884. The van der Waals surface area contributed by atoms with Crippen molar-refractivity contribution in [2.24, 2.45) is 0 Å². The summed E-state index contributed by atoms with van der Waals surface area (Å²) in [5.74, 6) is -0.125. The van der Waals surface area contributed by atoms with E-state index in [1.807, 2.05) is 18.2 Å². The van der Waals surface area contributed by atoms with Gasteiger partial charge in [0.2, 0.25) is 0 Å². The van der Waals surface area contributed by atoms with E-state index in [-0.39, 0.29) is 5.91 Å². The van der Waals surface area contributed by atoms with Crippen LogP contribution in [0, 0.1) is 0 Å². The molecule has 0 atom stereocenters. The molecule has 3 aromatic rings. The molecule has 0 saturated carbocycles. The molecule has 0 spiro atoms. The lowest BCUT2D eigenvalue weighted by Crippen LogP contribution is -2.26. The van der Waals surface area contributed by atoms with E-state index in [0.29, 0.717) is 12.2 Å². The summed E-state index contributed by atoms with van der Waals surface area (Å²) in [6.07, 6.45) is 8.16. The molecule has 0 saturated heterocycles. The number of rotatable bonds is 0. The fourth-order valence-corrected chi connectivity index (χ4v) is 3.23. The van der Waals surface area contributed by atoms with E-state index in [9.17, 15) is 4.79 Å². The van der Waals surface area contributed by atoms with E-state index in [2.05, 4.69) is 33.2 Å². The maximum absolute atomic E-state index is 12.5. The standard InChI is InChI=1S/C19H20N4O/c24-19-17-15(6-5-11-20-17)16-8-7-14-9-13-23(18(14)22-16)12-4-2-1-3-10-21-19/h5-9,11,13H,1-4,10,12H2,(H,21,24). The summed E-state index contributed by atoms with van der Waals surface area (Å²) in [4.78, 5) is 21.6. The van der Waals surface area contributed by atoms with Gasteiger partial charge in [0.1, 0.15) is 11.3 Å². The van der Waals surface area contributed by atoms with Crippen LogP contribution in [0.3, 0.4) is 0 Å². The topological polar surface area (TPSA) is 59.8 Å². The van der Waals surface area contributed by atoms with E-state index in [0.717, 1.165) is 54.5 Å². The molecule has 2 bridgehead atoms. The third-order valence-corrected chi connectivity index (χ3v) is 4.52. The Morgan fingerprint density at radius 3 is 2.92 bits per heavy atom. The van der Waals surface area contributed by atoms with E-state index in [1.54, 1.807) is 6.20 Å². The molecule has 4 rings (SSSR count). The normalized spacial score (nSPS) is 15.8. The molecule has 4 heterocycles. The highest BCUT2D eigenvalue weighted by Gasteiger charge is 2.16. The molecule has 1 amide bonds. The van der Waals surface area contributed by atoms with Crippen LogP contribution in [-0.2, 0) is 6.54 Å². The second-order valence-corrected chi connectivity index (χ2v) is 6.19. The van der Waals surface area contributed by atoms with Crippen molar-refractivity contribution in [1.82, 2.24) is 19.9 Å². The summed E-state index contributed by atoms with van der Waals surface area (Å²) in [7, 11) is 0. The summed E-state index contributed by atoms with van der Waals surface area (Å²) in [5.41, 5.74) is 2.98. The molecule has 1 aliphatic heterocycles. The van der Waals surface area contributed by atoms with Crippen molar-refractivity contribution in [2.75, 3.05) is 6.54 Å². The first-order chi connectivity index (χ1) is 11.8. The predicted molar refractivity (Wildman–Crippen MR) is 93.8 cm³/mol. The van der Waals surface area contributed by atoms with Gasteiger partial charge in [-0.05, 0) is 43.2 Å². The van der Waals surface area contributed by atoms with Gasteiger partial charge in [0, 0.05) is 36.4 Å². The quantitative estimate of drug-likeness (QED) is 0.690. The molecular weight excluding hydrogens is 300 g/mol. The molecular formula is C19H20N4O. The number of fused-ring (bicyclic) bond motifs is 3. The van der Waals surface area contributed by atoms with Gasteiger partial charge in [-0.3, -0.25) is 9.78 Å².